The average molecular weight is 393 g/mol. The molecule has 1 aromatic heterocycles. The third-order valence-corrected chi connectivity index (χ3v) is 5.16. The van der Waals surface area contributed by atoms with Crippen molar-refractivity contribution in [3.8, 4) is 11.8 Å². The van der Waals surface area contributed by atoms with Crippen molar-refractivity contribution in [1.82, 2.24) is 9.97 Å². The van der Waals surface area contributed by atoms with Crippen molar-refractivity contribution in [2.75, 3.05) is 18.1 Å². The van der Waals surface area contributed by atoms with Gasteiger partial charge in [0.15, 0.2) is 5.82 Å². The number of H-pyrrole nitrogens is 1. The van der Waals surface area contributed by atoms with Crippen molar-refractivity contribution in [2.45, 2.75) is 19.4 Å². The molecule has 2 aliphatic rings. The molecule has 29 heavy (non-hydrogen) atoms. The molecule has 1 saturated carbocycles. The minimum Gasteiger partial charge on any atom is -0.375 e. The Bertz CT molecular complexity index is 1240. The van der Waals surface area contributed by atoms with Crippen molar-refractivity contribution >= 4 is 22.4 Å². The summed E-state index contributed by atoms with van der Waals surface area (Å²) < 4.78 is 34.7. The van der Waals surface area contributed by atoms with Gasteiger partial charge in [-0.2, -0.15) is 4.98 Å². The second-order valence-electron chi connectivity index (χ2n) is 7.20. The molecule has 1 aliphatic heterocycles. The topological polar surface area (TPSA) is 58.2 Å². The Morgan fingerprint density at radius 1 is 1.17 bits per heavy atom. The van der Waals surface area contributed by atoms with Crippen molar-refractivity contribution in [3.63, 3.8) is 0 Å². The molecule has 7 heteroatoms. The number of hydrogen-bond acceptors (Lipinski definition) is 4. The summed E-state index contributed by atoms with van der Waals surface area (Å²) in [5.74, 6) is 5.62. The molecule has 0 unspecified atom stereocenters. The molecule has 0 atom stereocenters. The van der Waals surface area contributed by atoms with E-state index < -0.39 is 17.3 Å². The van der Waals surface area contributed by atoms with Crippen LogP contribution in [0.25, 0.3) is 10.9 Å². The highest BCUT2D eigenvalue weighted by Gasteiger charge is 2.25. The summed E-state index contributed by atoms with van der Waals surface area (Å²) in [7, 11) is 0. The van der Waals surface area contributed by atoms with Gasteiger partial charge in [0, 0.05) is 29.3 Å². The Hall–Kier alpha value is -3.24. The fraction of sp³-hybridized carbons (Fsp3) is 0.273. The number of halogens is 2. The summed E-state index contributed by atoms with van der Waals surface area (Å²) in [5, 5.41) is -0.0630. The van der Waals surface area contributed by atoms with Gasteiger partial charge in [0.2, 0.25) is 0 Å². The van der Waals surface area contributed by atoms with E-state index >= 15 is 0 Å². The second-order valence-corrected chi connectivity index (χ2v) is 7.20. The van der Waals surface area contributed by atoms with Crippen LogP contribution in [-0.4, -0.2) is 23.1 Å². The first-order valence-electron chi connectivity index (χ1n) is 9.48. The summed E-state index contributed by atoms with van der Waals surface area (Å²) in [6.45, 7) is 1.03. The Labute approximate surface area is 165 Å². The first kappa shape index (κ1) is 17.8. The summed E-state index contributed by atoms with van der Waals surface area (Å²) in [4.78, 5) is 20.1. The van der Waals surface area contributed by atoms with Crippen LogP contribution in [0.2, 0.25) is 0 Å². The lowest BCUT2D eigenvalue weighted by Crippen LogP contribution is -2.26. The number of aromatic amines is 1. The summed E-state index contributed by atoms with van der Waals surface area (Å²) in [5.41, 5.74) is 1.48. The number of fused-ring (bicyclic) bond motifs is 2. The molecule has 2 heterocycles. The van der Waals surface area contributed by atoms with E-state index in [2.05, 4.69) is 21.8 Å². The molecular formula is C22H17F2N3O2. The van der Waals surface area contributed by atoms with Crippen LogP contribution in [0.3, 0.4) is 0 Å². The quantitative estimate of drug-likeness (QED) is 0.642. The monoisotopic (exact) mass is 393 g/mol. The van der Waals surface area contributed by atoms with Crippen molar-refractivity contribution < 1.29 is 13.5 Å². The zero-order chi connectivity index (χ0) is 20.0. The third kappa shape index (κ3) is 3.26. The predicted molar refractivity (Wildman–Crippen MR) is 105 cm³/mol. The van der Waals surface area contributed by atoms with Gasteiger partial charge in [0.25, 0.3) is 0 Å². The number of nitrogens with zero attached hydrogens (tertiary/aromatic N) is 2. The van der Waals surface area contributed by atoms with E-state index in [1.165, 1.54) is 0 Å². The molecular weight excluding hydrogens is 376 g/mol. The number of ether oxygens (including phenoxy) is 1. The van der Waals surface area contributed by atoms with E-state index in [9.17, 15) is 13.6 Å². The van der Waals surface area contributed by atoms with Crippen LogP contribution in [0.4, 0.5) is 20.3 Å². The van der Waals surface area contributed by atoms with E-state index in [-0.39, 0.29) is 16.7 Å². The van der Waals surface area contributed by atoms with Gasteiger partial charge in [-0.25, -0.2) is 13.6 Å². The number of anilines is 2. The molecule has 0 spiro atoms. The van der Waals surface area contributed by atoms with Crippen LogP contribution in [0.15, 0.2) is 35.1 Å². The Morgan fingerprint density at radius 2 is 2.00 bits per heavy atom. The van der Waals surface area contributed by atoms with Crippen LogP contribution >= 0.6 is 0 Å². The van der Waals surface area contributed by atoms with Crippen LogP contribution in [0.1, 0.15) is 24.0 Å². The summed E-state index contributed by atoms with van der Waals surface area (Å²) >= 11 is 0. The Balaban J connectivity index is 1.73. The maximum atomic E-state index is 14.7. The van der Waals surface area contributed by atoms with Gasteiger partial charge in [-0.05, 0) is 37.1 Å². The molecule has 2 aromatic carbocycles. The molecule has 3 aromatic rings. The normalized spacial score (nSPS) is 16.1. The summed E-state index contributed by atoms with van der Waals surface area (Å²) in [6.07, 6.45) is 2.25. The lowest BCUT2D eigenvalue weighted by atomic mass is 10.0. The minimum absolute atomic E-state index is 0.0630. The second kappa shape index (κ2) is 6.98. The minimum atomic E-state index is -0.742. The van der Waals surface area contributed by atoms with Gasteiger partial charge in [-0.3, -0.25) is 0 Å². The van der Waals surface area contributed by atoms with E-state index in [0.29, 0.717) is 25.7 Å². The van der Waals surface area contributed by atoms with Crippen molar-refractivity contribution in [3.05, 3.63) is 63.6 Å². The lowest BCUT2D eigenvalue weighted by molar-refractivity contribution is 0.133. The van der Waals surface area contributed by atoms with Crippen LogP contribution in [0.5, 0.6) is 0 Å². The van der Waals surface area contributed by atoms with Crippen LogP contribution < -0.4 is 10.6 Å². The molecule has 5 nitrogen and oxygen atoms in total. The highest BCUT2D eigenvalue weighted by atomic mass is 19.1. The third-order valence-electron chi connectivity index (χ3n) is 5.16. The van der Waals surface area contributed by atoms with Gasteiger partial charge in [0.1, 0.15) is 11.6 Å². The first-order chi connectivity index (χ1) is 14.1. The van der Waals surface area contributed by atoms with Gasteiger partial charge in [-0.1, -0.05) is 17.9 Å². The number of rotatable bonds is 1. The fourth-order valence-corrected chi connectivity index (χ4v) is 3.55. The molecule has 0 bridgehead atoms. The van der Waals surface area contributed by atoms with E-state index in [1.54, 1.807) is 4.90 Å². The highest BCUT2D eigenvalue weighted by Crippen LogP contribution is 2.36. The van der Waals surface area contributed by atoms with E-state index in [1.807, 2.05) is 18.2 Å². The molecule has 1 fully saturated rings. The van der Waals surface area contributed by atoms with Gasteiger partial charge >= 0.3 is 5.69 Å². The highest BCUT2D eigenvalue weighted by molar-refractivity contribution is 5.92. The summed E-state index contributed by atoms with van der Waals surface area (Å²) in [6, 6.07) is 7.67. The molecule has 146 valence electrons. The Morgan fingerprint density at radius 3 is 2.83 bits per heavy atom. The van der Waals surface area contributed by atoms with Crippen molar-refractivity contribution in [2.24, 2.45) is 5.92 Å². The largest absolute Gasteiger partial charge is 0.375 e. The van der Waals surface area contributed by atoms with Crippen LogP contribution in [-0.2, 0) is 11.3 Å². The number of hydrogen-bond donors (Lipinski definition) is 1. The van der Waals surface area contributed by atoms with E-state index in [0.717, 1.165) is 41.8 Å². The molecule has 0 amide bonds. The van der Waals surface area contributed by atoms with Gasteiger partial charge in [-0.15, -0.1) is 0 Å². The molecule has 5 rings (SSSR count). The Kier molecular flexibility index (Phi) is 4.29. The number of benzene rings is 2. The molecule has 0 saturated heterocycles. The van der Waals surface area contributed by atoms with Crippen LogP contribution in [0, 0.1) is 29.4 Å². The molecule has 1 N–H and O–H groups in total. The van der Waals surface area contributed by atoms with E-state index in [4.69, 9.17) is 4.74 Å². The zero-order valence-corrected chi connectivity index (χ0v) is 15.5. The lowest BCUT2D eigenvalue weighted by Gasteiger charge is -2.24. The predicted octanol–water partition coefficient (Wildman–Crippen LogP) is 3.63. The SMILES string of the molecule is O=c1nc(N2CCOCc3c(C#CC4CC4)cccc32)c2c(F)ccc(F)c2[nH]1. The first-order valence-corrected chi connectivity index (χ1v) is 9.48. The zero-order valence-electron chi connectivity index (χ0n) is 15.5. The maximum Gasteiger partial charge on any atom is 0.347 e. The van der Waals surface area contributed by atoms with Crippen molar-refractivity contribution in [1.29, 1.82) is 0 Å². The standard InChI is InChI=1S/C22H17F2N3O2/c23-16-8-9-17(24)20-19(16)21(26-22(28)25-20)27-10-11-29-12-15-14(2-1-3-18(15)27)7-6-13-4-5-13/h1-3,8-9,13H,4-5,10-12H2,(H,25,26,28). The van der Waals surface area contributed by atoms with Gasteiger partial charge < -0.3 is 14.6 Å². The molecule has 0 radical (unpaired) electrons. The average Bonchev–Trinajstić information content (AvgIpc) is 3.55. The fourth-order valence-electron chi connectivity index (χ4n) is 3.55. The number of nitrogens with one attached hydrogen (secondary N) is 1. The number of aromatic nitrogens is 2. The smallest absolute Gasteiger partial charge is 0.347 e. The van der Waals surface area contributed by atoms with Gasteiger partial charge in [0.05, 0.1) is 24.1 Å². The maximum absolute atomic E-state index is 14.7. The molecule has 1 aliphatic carbocycles.